The van der Waals surface area contributed by atoms with Crippen LogP contribution in [-0.2, 0) is 16.1 Å². The Kier molecular flexibility index (Phi) is 3.55. The lowest BCUT2D eigenvalue weighted by Gasteiger charge is -2.50. The number of nitrogens with one attached hydrogen (secondary N) is 1. The fourth-order valence-electron chi connectivity index (χ4n) is 2.78. The molecule has 0 bridgehead atoms. The molecule has 6 heteroatoms. The predicted molar refractivity (Wildman–Crippen MR) is 76.6 cm³/mol. The predicted octanol–water partition coefficient (Wildman–Crippen LogP) is 0.439. The molecule has 3 rings (SSSR count). The summed E-state index contributed by atoms with van der Waals surface area (Å²) in [5, 5.41) is 2.80. The maximum absolute atomic E-state index is 12.0. The van der Waals surface area contributed by atoms with E-state index in [1.807, 2.05) is 30.3 Å². The number of hydrogen-bond acceptors (Lipinski definition) is 3. The lowest BCUT2D eigenvalue weighted by atomic mass is 9.89. The van der Waals surface area contributed by atoms with Crippen LogP contribution in [0, 0.1) is 0 Å². The molecule has 0 unspecified atom stereocenters. The van der Waals surface area contributed by atoms with E-state index >= 15 is 0 Å². The van der Waals surface area contributed by atoms with Crippen LogP contribution in [0.25, 0.3) is 0 Å². The SMILES string of the molecule is CN1C(=O)NCC12CN(C(=O)COCc1ccccc1)C2. The van der Waals surface area contributed by atoms with E-state index in [0.717, 1.165) is 5.56 Å². The molecule has 1 aromatic carbocycles. The minimum absolute atomic E-state index is 0.0238. The number of amides is 3. The highest BCUT2D eigenvalue weighted by Gasteiger charge is 2.53. The largest absolute Gasteiger partial charge is 0.367 e. The Labute approximate surface area is 123 Å². The molecule has 6 nitrogen and oxygen atoms in total. The van der Waals surface area contributed by atoms with Gasteiger partial charge in [0.05, 0.1) is 12.1 Å². The summed E-state index contributed by atoms with van der Waals surface area (Å²) in [5.74, 6) is -0.0238. The monoisotopic (exact) mass is 289 g/mol. The van der Waals surface area contributed by atoms with Gasteiger partial charge in [0.15, 0.2) is 0 Å². The Morgan fingerprint density at radius 3 is 2.67 bits per heavy atom. The Bertz CT molecular complexity index is 540. The van der Waals surface area contributed by atoms with Crippen LogP contribution in [-0.4, -0.2) is 60.6 Å². The van der Waals surface area contributed by atoms with E-state index in [4.69, 9.17) is 4.74 Å². The molecule has 2 saturated heterocycles. The van der Waals surface area contributed by atoms with Gasteiger partial charge in [-0.2, -0.15) is 0 Å². The Morgan fingerprint density at radius 2 is 2.05 bits per heavy atom. The number of urea groups is 1. The fourth-order valence-corrected chi connectivity index (χ4v) is 2.78. The van der Waals surface area contributed by atoms with Crippen LogP contribution in [0.15, 0.2) is 30.3 Å². The summed E-state index contributed by atoms with van der Waals surface area (Å²) in [5.41, 5.74) is 0.835. The van der Waals surface area contributed by atoms with Gasteiger partial charge < -0.3 is 19.9 Å². The Balaban J connectivity index is 1.43. The van der Waals surface area contributed by atoms with Gasteiger partial charge in [0.25, 0.3) is 0 Å². The minimum Gasteiger partial charge on any atom is -0.367 e. The second-order valence-corrected chi connectivity index (χ2v) is 5.67. The highest BCUT2D eigenvalue weighted by molar-refractivity contribution is 5.82. The summed E-state index contributed by atoms with van der Waals surface area (Å²) in [6, 6.07) is 9.70. The molecule has 2 aliphatic heterocycles. The Morgan fingerprint density at radius 1 is 1.33 bits per heavy atom. The first-order valence-electron chi connectivity index (χ1n) is 7.02. The van der Waals surface area contributed by atoms with Gasteiger partial charge in [-0.3, -0.25) is 4.79 Å². The molecule has 112 valence electrons. The third kappa shape index (κ3) is 2.58. The molecule has 0 aromatic heterocycles. The molecule has 2 aliphatic rings. The second-order valence-electron chi connectivity index (χ2n) is 5.67. The number of benzene rings is 1. The molecule has 1 spiro atoms. The van der Waals surface area contributed by atoms with Gasteiger partial charge in [-0.25, -0.2) is 4.79 Å². The molecule has 0 radical (unpaired) electrons. The average Bonchev–Trinajstić information content (AvgIpc) is 2.75. The molecule has 0 atom stereocenters. The molecule has 0 saturated carbocycles. The van der Waals surface area contributed by atoms with Gasteiger partial charge in [-0.05, 0) is 5.56 Å². The molecule has 2 fully saturated rings. The first-order valence-corrected chi connectivity index (χ1v) is 7.02. The first kappa shape index (κ1) is 13.9. The minimum atomic E-state index is -0.216. The van der Waals surface area contributed by atoms with Crippen molar-refractivity contribution in [3.8, 4) is 0 Å². The fraction of sp³-hybridized carbons (Fsp3) is 0.467. The summed E-state index contributed by atoms with van der Waals surface area (Å²) < 4.78 is 5.45. The normalized spacial score (nSPS) is 19.6. The summed E-state index contributed by atoms with van der Waals surface area (Å²) in [7, 11) is 1.77. The number of rotatable bonds is 4. The molecule has 0 aliphatic carbocycles. The number of likely N-dealkylation sites (tertiary alicyclic amines) is 1. The van der Waals surface area contributed by atoms with Crippen LogP contribution in [0.2, 0.25) is 0 Å². The topological polar surface area (TPSA) is 61.9 Å². The van der Waals surface area contributed by atoms with Gasteiger partial charge in [-0.15, -0.1) is 0 Å². The number of carbonyl (C=O) groups is 2. The zero-order chi connectivity index (χ0) is 14.9. The van der Waals surface area contributed by atoms with E-state index in [-0.39, 0.29) is 24.1 Å². The van der Waals surface area contributed by atoms with Crippen LogP contribution in [0.1, 0.15) is 5.56 Å². The number of nitrogens with zero attached hydrogens (tertiary/aromatic N) is 2. The van der Waals surface area contributed by atoms with E-state index < -0.39 is 0 Å². The highest BCUT2D eigenvalue weighted by atomic mass is 16.5. The standard InChI is InChI=1S/C15H19N3O3/c1-17-14(20)16-9-15(17)10-18(11-15)13(19)8-21-7-12-5-3-2-4-6-12/h2-6H,7-11H2,1H3,(H,16,20). The molecular formula is C15H19N3O3. The Hall–Kier alpha value is -2.08. The maximum Gasteiger partial charge on any atom is 0.317 e. The molecule has 1 aromatic rings. The highest BCUT2D eigenvalue weighted by Crippen LogP contribution is 2.29. The third-order valence-electron chi connectivity index (χ3n) is 4.24. The second kappa shape index (κ2) is 5.37. The van der Waals surface area contributed by atoms with Crippen molar-refractivity contribution >= 4 is 11.9 Å². The van der Waals surface area contributed by atoms with Crippen molar-refractivity contribution in [1.82, 2.24) is 15.1 Å². The van der Waals surface area contributed by atoms with Crippen LogP contribution >= 0.6 is 0 Å². The average molecular weight is 289 g/mol. The molecule has 3 amide bonds. The number of ether oxygens (including phenoxy) is 1. The van der Waals surface area contributed by atoms with Crippen molar-refractivity contribution in [2.45, 2.75) is 12.1 Å². The molecule has 1 N–H and O–H groups in total. The van der Waals surface area contributed by atoms with Crippen LogP contribution < -0.4 is 5.32 Å². The van der Waals surface area contributed by atoms with Crippen molar-refractivity contribution in [3.63, 3.8) is 0 Å². The van der Waals surface area contributed by atoms with Crippen LogP contribution in [0.4, 0.5) is 4.79 Å². The van der Waals surface area contributed by atoms with Crippen molar-refractivity contribution in [1.29, 1.82) is 0 Å². The van der Waals surface area contributed by atoms with Gasteiger partial charge in [0, 0.05) is 26.7 Å². The van der Waals surface area contributed by atoms with E-state index in [1.54, 1.807) is 16.8 Å². The summed E-state index contributed by atoms with van der Waals surface area (Å²) in [4.78, 5) is 26.9. The van der Waals surface area contributed by atoms with Gasteiger partial charge >= 0.3 is 6.03 Å². The van der Waals surface area contributed by atoms with Crippen molar-refractivity contribution in [3.05, 3.63) is 35.9 Å². The van der Waals surface area contributed by atoms with Gasteiger partial charge in [0.1, 0.15) is 6.61 Å². The van der Waals surface area contributed by atoms with Crippen LogP contribution in [0.3, 0.4) is 0 Å². The number of hydrogen-bond donors (Lipinski definition) is 1. The summed E-state index contributed by atoms with van der Waals surface area (Å²) in [6.07, 6.45) is 0. The quantitative estimate of drug-likeness (QED) is 0.875. The first-order chi connectivity index (χ1) is 10.1. The van der Waals surface area contributed by atoms with Crippen molar-refractivity contribution in [2.24, 2.45) is 0 Å². The van der Waals surface area contributed by atoms with E-state index in [2.05, 4.69) is 5.32 Å². The molecule has 21 heavy (non-hydrogen) atoms. The molecular weight excluding hydrogens is 270 g/mol. The third-order valence-corrected chi connectivity index (χ3v) is 4.24. The van der Waals surface area contributed by atoms with Gasteiger partial charge in [-0.1, -0.05) is 30.3 Å². The van der Waals surface area contributed by atoms with Crippen LogP contribution in [0.5, 0.6) is 0 Å². The molecule has 2 heterocycles. The summed E-state index contributed by atoms with van der Waals surface area (Å²) >= 11 is 0. The number of likely N-dealkylation sites (N-methyl/N-ethyl adjacent to an activating group) is 1. The van der Waals surface area contributed by atoms with Gasteiger partial charge in [0.2, 0.25) is 5.91 Å². The maximum atomic E-state index is 12.0. The lowest BCUT2D eigenvalue weighted by Crippen LogP contribution is -2.70. The van der Waals surface area contributed by atoms with E-state index in [0.29, 0.717) is 26.2 Å². The zero-order valence-corrected chi connectivity index (χ0v) is 12.0. The smallest absolute Gasteiger partial charge is 0.317 e. The van der Waals surface area contributed by atoms with E-state index in [1.165, 1.54) is 0 Å². The number of carbonyl (C=O) groups excluding carboxylic acids is 2. The van der Waals surface area contributed by atoms with Crippen molar-refractivity contribution in [2.75, 3.05) is 33.3 Å². The zero-order valence-electron chi connectivity index (χ0n) is 12.0. The van der Waals surface area contributed by atoms with Crippen molar-refractivity contribution < 1.29 is 14.3 Å². The van der Waals surface area contributed by atoms with E-state index in [9.17, 15) is 9.59 Å². The lowest BCUT2D eigenvalue weighted by molar-refractivity contribution is -0.147. The summed E-state index contributed by atoms with van der Waals surface area (Å²) in [6.45, 7) is 2.28.